The van der Waals surface area contributed by atoms with Crippen LogP contribution in [0.3, 0.4) is 0 Å². The summed E-state index contributed by atoms with van der Waals surface area (Å²) in [6.07, 6.45) is 0. The van der Waals surface area contributed by atoms with Crippen LogP contribution in [0.2, 0.25) is 0 Å². The molecule has 164 valence electrons. The summed E-state index contributed by atoms with van der Waals surface area (Å²) in [6.45, 7) is 6.57. The van der Waals surface area contributed by atoms with Crippen LogP contribution in [0.4, 0.5) is 0 Å². The van der Waals surface area contributed by atoms with E-state index in [-0.39, 0.29) is 5.41 Å². The molecule has 1 aliphatic rings. The first-order chi connectivity index (χ1) is 15.9. The van der Waals surface area contributed by atoms with Crippen molar-refractivity contribution >= 4 is 21.8 Å². The molecular weight excluding hydrogens is 400 g/mol. The van der Waals surface area contributed by atoms with Crippen LogP contribution in [0.1, 0.15) is 36.1 Å². The smallest absolute Gasteiger partial charge is 0.0488 e. The first-order valence-corrected chi connectivity index (χ1v) is 11.8. The highest BCUT2D eigenvalue weighted by Gasteiger charge is 2.35. The molecule has 0 aliphatic heterocycles. The lowest BCUT2D eigenvalue weighted by Crippen LogP contribution is -2.19. The van der Waals surface area contributed by atoms with E-state index < -0.39 is 0 Å². The minimum atomic E-state index is 0.0555. The van der Waals surface area contributed by atoms with Gasteiger partial charge in [0.1, 0.15) is 0 Å². The van der Waals surface area contributed by atoms with Crippen molar-refractivity contribution in [2.24, 2.45) is 7.05 Å². The summed E-state index contributed by atoms with van der Waals surface area (Å²) < 4.78 is 2.29. The van der Waals surface area contributed by atoms with Gasteiger partial charge in [0.05, 0.1) is 0 Å². The SMILES string of the molecule is CN(Cc1ccc2c(c1)C(C)(C)c1ccccc1-2)Cc1ccc2c(c1)c1ccccc1n2C. The van der Waals surface area contributed by atoms with Crippen LogP contribution < -0.4 is 0 Å². The fourth-order valence-electron chi connectivity index (χ4n) is 5.84. The average Bonchev–Trinajstić information content (AvgIpc) is 3.23. The summed E-state index contributed by atoms with van der Waals surface area (Å²) in [4.78, 5) is 2.42. The molecule has 5 aromatic rings. The van der Waals surface area contributed by atoms with Gasteiger partial charge in [-0.05, 0) is 58.6 Å². The van der Waals surface area contributed by atoms with Crippen molar-refractivity contribution in [3.05, 3.63) is 107 Å². The maximum atomic E-state index is 2.43. The molecular formula is C31H30N2. The van der Waals surface area contributed by atoms with Crippen molar-refractivity contribution in [1.82, 2.24) is 9.47 Å². The molecule has 4 aromatic carbocycles. The summed E-state index contributed by atoms with van der Waals surface area (Å²) in [5.74, 6) is 0. The molecule has 0 fully saturated rings. The minimum Gasteiger partial charge on any atom is -0.344 e. The highest BCUT2D eigenvalue weighted by Crippen LogP contribution is 2.48. The third-order valence-electron chi connectivity index (χ3n) is 7.53. The molecule has 0 amide bonds. The standard InChI is InChI=1S/C31H30N2/c1-31(2)27-11-7-5-9-23(27)24-15-13-22(18-28(24)31)20-32(3)19-21-14-16-30-26(17-21)25-10-6-8-12-29(25)33(30)4/h5-18H,19-20H2,1-4H3. The third kappa shape index (κ3) is 3.13. The maximum Gasteiger partial charge on any atom is 0.0488 e. The Morgan fingerprint density at radius 2 is 1.30 bits per heavy atom. The van der Waals surface area contributed by atoms with Crippen molar-refractivity contribution in [3.63, 3.8) is 0 Å². The Kier molecular flexibility index (Phi) is 4.50. The van der Waals surface area contributed by atoms with Crippen molar-refractivity contribution in [2.75, 3.05) is 7.05 Å². The Balaban J connectivity index is 1.27. The zero-order chi connectivity index (χ0) is 22.7. The first kappa shape index (κ1) is 20.3. The minimum absolute atomic E-state index is 0.0555. The molecule has 0 saturated heterocycles. The van der Waals surface area contributed by atoms with Crippen molar-refractivity contribution < 1.29 is 0 Å². The van der Waals surface area contributed by atoms with Crippen molar-refractivity contribution in [1.29, 1.82) is 0 Å². The lowest BCUT2D eigenvalue weighted by molar-refractivity contribution is 0.319. The Morgan fingerprint density at radius 3 is 2.15 bits per heavy atom. The number of fused-ring (bicyclic) bond motifs is 6. The Morgan fingerprint density at radius 1 is 0.667 bits per heavy atom. The lowest BCUT2D eigenvalue weighted by atomic mass is 9.82. The van der Waals surface area contributed by atoms with Gasteiger partial charge in [0.25, 0.3) is 0 Å². The normalized spacial score (nSPS) is 14.2. The number of hydrogen-bond acceptors (Lipinski definition) is 1. The molecule has 0 N–H and O–H groups in total. The Bertz CT molecular complexity index is 1520. The van der Waals surface area contributed by atoms with Crippen LogP contribution in [-0.2, 0) is 25.6 Å². The molecule has 1 aliphatic carbocycles. The maximum absolute atomic E-state index is 2.43. The first-order valence-electron chi connectivity index (χ1n) is 11.8. The van der Waals surface area contributed by atoms with Gasteiger partial charge in [-0.2, -0.15) is 0 Å². The van der Waals surface area contributed by atoms with Gasteiger partial charge in [0, 0.05) is 47.4 Å². The quantitative estimate of drug-likeness (QED) is 0.291. The van der Waals surface area contributed by atoms with Gasteiger partial charge in [-0.1, -0.05) is 80.6 Å². The largest absolute Gasteiger partial charge is 0.344 e. The van der Waals surface area contributed by atoms with Crippen LogP contribution in [0, 0.1) is 0 Å². The van der Waals surface area contributed by atoms with Crippen molar-refractivity contribution in [3.8, 4) is 11.1 Å². The van der Waals surface area contributed by atoms with Gasteiger partial charge in [-0.3, -0.25) is 4.90 Å². The van der Waals surface area contributed by atoms with E-state index in [4.69, 9.17) is 0 Å². The molecule has 0 unspecified atom stereocenters. The molecule has 0 radical (unpaired) electrons. The van der Waals surface area contributed by atoms with Gasteiger partial charge in [-0.15, -0.1) is 0 Å². The second kappa shape index (κ2) is 7.33. The Hall–Kier alpha value is -3.36. The van der Waals surface area contributed by atoms with E-state index in [1.165, 1.54) is 55.2 Å². The molecule has 0 bridgehead atoms. The molecule has 1 aromatic heterocycles. The van der Waals surface area contributed by atoms with Crippen LogP contribution in [-0.4, -0.2) is 16.5 Å². The monoisotopic (exact) mass is 430 g/mol. The summed E-state index contributed by atoms with van der Waals surface area (Å²) in [5, 5.41) is 2.68. The number of rotatable bonds is 4. The van der Waals surface area contributed by atoms with E-state index in [1.807, 2.05) is 0 Å². The number of para-hydroxylation sites is 1. The average molecular weight is 431 g/mol. The van der Waals surface area contributed by atoms with Gasteiger partial charge < -0.3 is 4.57 Å². The molecule has 6 rings (SSSR count). The number of nitrogens with zero attached hydrogens (tertiary/aromatic N) is 2. The number of hydrogen-bond donors (Lipinski definition) is 0. The van der Waals surface area contributed by atoms with Crippen LogP contribution in [0.15, 0.2) is 84.9 Å². The summed E-state index contributed by atoms with van der Waals surface area (Å²) >= 11 is 0. The zero-order valence-electron chi connectivity index (χ0n) is 19.9. The summed E-state index contributed by atoms with van der Waals surface area (Å²) in [5.41, 5.74) is 11.0. The van der Waals surface area contributed by atoms with Gasteiger partial charge in [0.15, 0.2) is 0 Å². The molecule has 0 atom stereocenters. The van der Waals surface area contributed by atoms with E-state index in [9.17, 15) is 0 Å². The van der Waals surface area contributed by atoms with Gasteiger partial charge >= 0.3 is 0 Å². The molecule has 2 heteroatoms. The Labute approximate surface area is 196 Å². The number of aryl methyl sites for hydroxylation is 1. The second-order valence-corrected chi connectivity index (χ2v) is 10.2. The lowest BCUT2D eigenvalue weighted by Gasteiger charge is -2.23. The van der Waals surface area contributed by atoms with Gasteiger partial charge in [-0.25, -0.2) is 0 Å². The van der Waals surface area contributed by atoms with Crippen molar-refractivity contribution in [2.45, 2.75) is 32.4 Å². The zero-order valence-corrected chi connectivity index (χ0v) is 19.9. The number of aromatic nitrogens is 1. The topological polar surface area (TPSA) is 8.17 Å². The second-order valence-electron chi connectivity index (χ2n) is 10.2. The molecule has 0 spiro atoms. The van der Waals surface area contributed by atoms with E-state index >= 15 is 0 Å². The van der Waals surface area contributed by atoms with Gasteiger partial charge in [0.2, 0.25) is 0 Å². The summed E-state index contributed by atoms with van der Waals surface area (Å²) in [6, 6.07) is 31.5. The fraction of sp³-hybridized carbons (Fsp3) is 0.226. The van der Waals surface area contributed by atoms with E-state index in [0.717, 1.165) is 13.1 Å². The van der Waals surface area contributed by atoms with Crippen LogP contribution in [0.5, 0.6) is 0 Å². The number of benzene rings is 4. The molecule has 33 heavy (non-hydrogen) atoms. The summed E-state index contributed by atoms with van der Waals surface area (Å²) in [7, 11) is 4.38. The van der Waals surface area contributed by atoms with E-state index in [2.05, 4.69) is 122 Å². The third-order valence-corrected chi connectivity index (χ3v) is 7.53. The molecule has 2 nitrogen and oxygen atoms in total. The van der Waals surface area contributed by atoms with Crippen LogP contribution >= 0.6 is 0 Å². The molecule has 0 saturated carbocycles. The highest BCUT2D eigenvalue weighted by molar-refractivity contribution is 6.08. The van der Waals surface area contributed by atoms with E-state index in [0.29, 0.717) is 0 Å². The predicted octanol–water partition coefficient (Wildman–Crippen LogP) is 7.27. The predicted molar refractivity (Wildman–Crippen MR) is 140 cm³/mol. The highest BCUT2D eigenvalue weighted by atomic mass is 15.1. The fourth-order valence-corrected chi connectivity index (χ4v) is 5.84. The van der Waals surface area contributed by atoms with E-state index in [1.54, 1.807) is 0 Å². The molecule has 1 heterocycles. The van der Waals surface area contributed by atoms with Crippen LogP contribution in [0.25, 0.3) is 32.9 Å².